The number of hydrogen-bond donors (Lipinski definition) is 1. The summed E-state index contributed by atoms with van der Waals surface area (Å²) < 4.78 is 63.4. The van der Waals surface area contributed by atoms with Crippen LogP contribution in [0.2, 0.25) is 0 Å². The number of nitrogens with zero attached hydrogens (tertiary/aromatic N) is 4. The van der Waals surface area contributed by atoms with Crippen LogP contribution in [0, 0.1) is 45.3 Å². The van der Waals surface area contributed by atoms with E-state index in [0.29, 0.717) is 0 Å². The predicted molar refractivity (Wildman–Crippen MR) is 75.5 cm³/mol. The molecule has 0 atom stereocenters. The Bertz CT molecular complexity index is 861. The predicted octanol–water partition coefficient (Wildman–Crippen LogP) is 4.04. The van der Waals surface area contributed by atoms with Crippen molar-refractivity contribution in [2.75, 3.05) is 5.32 Å². The number of rotatable bonds is 4. The molecule has 0 fully saturated rings. The minimum absolute atomic E-state index is 0.301. The van der Waals surface area contributed by atoms with Crippen molar-refractivity contribution in [1.29, 1.82) is 21.0 Å². The van der Waals surface area contributed by atoms with Crippen molar-refractivity contribution < 1.29 is 22.0 Å². The van der Waals surface area contributed by atoms with E-state index in [1.807, 2.05) is 0 Å². The maximum absolute atomic E-state index is 13.2. The fourth-order valence-electron chi connectivity index (χ4n) is 1.45. The molecule has 0 heterocycles. The standard InChI is InChI=1S/C14H4F5N5S/c15-13(16,17)14(18,19)25-12-3-1-2-10(9(12)6-22)24-11(7-23)8(4-20)5-21/h1-3,24H. The van der Waals surface area contributed by atoms with Crippen molar-refractivity contribution in [2.45, 2.75) is 16.3 Å². The molecule has 1 aromatic carbocycles. The minimum atomic E-state index is -5.83. The maximum Gasteiger partial charge on any atom is 0.464 e. The molecule has 0 amide bonds. The summed E-state index contributed by atoms with van der Waals surface area (Å²) >= 11 is -0.877. The summed E-state index contributed by atoms with van der Waals surface area (Å²) in [5.41, 5.74) is -2.12. The lowest BCUT2D eigenvalue weighted by Crippen LogP contribution is -2.32. The summed E-state index contributed by atoms with van der Waals surface area (Å²) in [6.07, 6.45) is -5.83. The maximum atomic E-state index is 13.2. The second-order valence-electron chi connectivity index (χ2n) is 4.12. The van der Waals surface area contributed by atoms with Crippen LogP contribution < -0.4 is 5.32 Å². The number of benzene rings is 1. The molecule has 0 aromatic heterocycles. The first kappa shape index (κ1) is 19.8. The van der Waals surface area contributed by atoms with Gasteiger partial charge in [-0.05, 0) is 23.9 Å². The summed E-state index contributed by atoms with van der Waals surface area (Å²) in [6, 6.07) is 8.83. The quantitative estimate of drug-likeness (QED) is 0.487. The lowest BCUT2D eigenvalue weighted by molar-refractivity contribution is -0.237. The van der Waals surface area contributed by atoms with Gasteiger partial charge >= 0.3 is 11.4 Å². The highest BCUT2D eigenvalue weighted by molar-refractivity contribution is 8.00. The van der Waals surface area contributed by atoms with Gasteiger partial charge in [-0.15, -0.1) is 0 Å². The second-order valence-corrected chi connectivity index (χ2v) is 5.27. The van der Waals surface area contributed by atoms with Gasteiger partial charge in [0, 0.05) is 4.90 Å². The van der Waals surface area contributed by atoms with E-state index < -0.39 is 44.9 Å². The minimum Gasteiger partial charge on any atom is -0.344 e. The molecule has 25 heavy (non-hydrogen) atoms. The summed E-state index contributed by atoms with van der Waals surface area (Å²) in [6.45, 7) is 0. The fraction of sp³-hybridized carbons (Fsp3) is 0.143. The van der Waals surface area contributed by atoms with Crippen LogP contribution in [0.1, 0.15) is 5.56 Å². The van der Waals surface area contributed by atoms with E-state index in [2.05, 4.69) is 5.32 Å². The zero-order valence-corrected chi connectivity index (χ0v) is 12.6. The van der Waals surface area contributed by atoms with E-state index in [4.69, 9.17) is 21.0 Å². The van der Waals surface area contributed by atoms with Gasteiger partial charge in [0.05, 0.1) is 11.3 Å². The smallest absolute Gasteiger partial charge is 0.344 e. The zero-order valence-electron chi connectivity index (χ0n) is 11.8. The molecule has 11 heteroatoms. The van der Waals surface area contributed by atoms with Crippen molar-refractivity contribution in [3.8, 4) is 24.3 Å². The highest BCUT2D eigenvalue weighted by Gasteiger charge is 2.58. The van der Waals surface area contributed by atoms with Crippen LogP contribution in [0.3, 0.4) is 0 Å². The van der Waals surface area contributed by atoms with Crippen LogP contribution in [0.5, 0.6) is 0 Å². The number of allylic oxidation sites excluding steroid dienone is 2. The molecule has 1 N–H and O–H groups in total. The third kappa shape index (κ3) is 4.38. The monoisotopic (exact) mass is 369 g/mol. The van der Waals surface area contributed by atoms with Crippen molar-refractivity contribution in [3.63, 3.8) is 0 Å². The zero-order chi connectivity index (χ0) is 19.3. The first-order chi connectivity index (χ1) is 11.6. The Morgan fingerprint density at radius 2 is 1.56 bits per heavy atom. The fourth-order valence-corrected chi connectivity index (χ4v) is 2.25. The lowest BCUT2D eigenvalue weighted by Gasteiger charge is -2.19. The summed E-state index contributed by atoms with van der Waals surface area (Å²) in [5.74, 6) is 0. The van der Waals surface area contributed by atoms with E-state index in [9.17, 15) is 22.0 Å². The number of thioether (sulfide) groups is 1. The van der Waals surface area contributed by atoms with Gasteiger partial charge in [-0.25, -0.2) is 0 Å². The third-order valence-electron chi connectivity index (χ3n) is 2.55. The van der Waals surface area contributed by atoms with Gasteiger partial charge in [-0.1, -0.05) is 6.07 Å². The molecular formula is C14H4F5N5S. The molecule has 0 spiro atoms. The highest BCUT2D eigenvalue weighted by Crippen LogP contribution is 2.48. The van der Waals surface area contributed by atoms with Crippen LogP contribution in [0.15, 0.2) is 34.4 Å². The molecular weight excluding hydrogens is 365 g/mol. The molecule has 0 aliphatic rings. The van der Waals surface area contributed by atoms with Crippen molar-refractivity contribution in [2.24, 2.45) is 0 Å². The van der Waals surface area contributed by atoms with Gasteiger partial charge < -0.3 is 5.32 Å². The first-order valence-corrected chi connectivity index (χ1v) is 6.81. The van der Waals surface area contributed by atoms with E-state index in [1.165, 1.54) is 24.3 Å². The number of hydrogen-bond acceptors (Lipinski definition) is 6. The topological polar surface area (TPSA) is 107 Å². The van der Waals surface area contributed by atoms with Crippen LogP contribution in [0.4, 0.5) is 27.6 Å². The van der Waals surface area contributed by atoms with Crippen LogP contribution >= 0.6 is 11.8 Å². The first-order valence-electron chi connectivity index (χ1n) is 5.99. The second kappa shape index (κ2) is 7.53. The van der Waals surface area contributed by atoms with E-state index in [0.717, 1.165) is 18.2 Å². The van der Waals surface area contributed by atoms with E-state index in [1.54, 1.807) is 0 Å². The number of nitrogens with one attached hydrogen (secondary N) is 1. The Morgan fingerprint density at radius 1 is 0.960 bits per heavy atom. The van der Waals surface area contributed by atoms with E-state index >= 15 is 0 Å². The Balaban J connectivity index is 3.39. The largest absolute Gasteiger partial charge is 0.464 e. The summed E-state index contributed by atoms with van der Waals surface area (Å²) in [7, 11) is 0. The molecule has 0 saturated carbocycles. The third-order valence-corrected chi connectivity index (χ3v) is 3.60. The molecule has 0 aliphatic carbocycles. The molecule has 126 valence electrons. The molecule has 5 nitrogen and oxygen atoms in total. The van der Waals surface area contributed by atoms with Gasteiger partial charge in [-0.3, -0.25) is 0 Å². The Kier molecular flexibility index (Phi) is 5.95. The summed E-state index contributed by atoms with van der Waals surface area (Å²) in [5, 5.41) is 32.5. The molecule has 0 aliphatic heterocycles. The van der Waals surface area contributed by atoms with Gasteiger partial charge in [0.25, 0.3) is 0 Å². The number of halogens is 5. The number of alkyl halides is 5. The Hall–Kier alpha value is -3.28. The van der Waals surface area contributed by atoms with Crippen LogP contribution in [-0.4, -0.2) is 11.4 Å². The highest BCUT2D eigenvalue weighted by atomic mass is 32.2. The molecule has 1 rings (SSSR count). The van der Waals surface area contributed by atoms with Crippen molar-refractivity contribution in [3.05, 3.63) is 35.0 Å². The van der Waals surface area contributed by atoms with Crippen molar-refractivity contribution >= 4 is 17.4 Å². The normalized spacial score (nSPS) is 10.6. The van der Waals surface area contributed by atoms with Crippen LogP contribution in [-0.2, 0) is 0 Å². The SMILES string of the molecule is N#CC(C#N)=C(C#N)Nc1cccc(SC(F)(F)C(F)(F)F)c1C#N. The Labute approximate surface area is 142 Å². The molecule has 0 saturated heterocycles. The molecule has 0 radical (unpaired) electrons. The van der Waals surface area contributed by atoms with E-state index in [-0.39, 0.29) is 5.69 Å². The van der Waals surface area contributed by atoms with Gasteiger partial charge in [0.2, 0.25) is 0 Å². The average Bonchev–Trinajstić information content (AvgIpc) is 2.53. The van der Waals surface area contributed by atoms with Crippen LogP contribution in [0.25, 0.3) is 0 Å². The van der Waals surface area contributed by atoms with Crippen molar-refractivity contribution in [1.82, 2.24) is 0 Å². The van der Waals surface area contributed by atoms with Gasteiger partial charge in [0.15, 0.2) is 5.57 Å². The molecule has 0 unspecified atom stereocenters. The lowest BCUT2D eigenvalue weighted by atomic mass is 10.1. The summed E-state index contributed by atoms with van der Waals surface area (Å²) in [4.78, 5) is -0.692. The Morgan fingerprint density at radius 3 is 2.00 bits per heavy atom. The number of nitriles is 4. The molecule has 1 aromatic rings. The average molecular weight is 369 g/mol. The molecule has 0 bridgehead atoms. The van der Waals surface area contributed by atoms with Gasteiger partial charge in [0.1, 0.15) is 30.0 Å². The van der Waals surface area contributed by atoms with Gasteiger partial charge in [-0.2, -0.15) is 43.0 Å². The number of anilines is 1.